The lowest BCUT2D eigenvalue weighted by atomic mass is 10.2. The third-order valence-electron chi connectivity index (χ3n) is 3.25. The molecule has 0 radical (unpaired) electrons. The molecule has 1 amide bonds. The van der Waals surface area contributed by atoms with E-state index >= 15 is 0 Å². The number of fused-ring (bicyclic) bond motifs is 1. The van der Waals surface area contributed by atoms with Gasteiger partial charge in [-0.3, -0.25) is 4.79 Å². The van der Waals surface area contributed by atoms with Crippen LogP contribution in [0.1, 0.15) is 42.3 Å². The van der Waals surface area contributed by atoms with Gasteiger partial charge in [0.25, 0.3) is 11.7 Å². The number of hydrogen-bond acceptors (Lipinski definition) is 5. The van der Waals surface area contributed by atoms with E-state index in [0.29, 0.717) is 18.7 Å². The molecule has 2 aromatic rings. The molecular formula is C14H21N5O2. The summed E-state index contributed by atoms with van der Waals surface area (Å²) in [4.78, 5) is 22.7. The fourth-order valence-electron chi connectivity index (χ4n) is 2.22. The highest BCUT2D eigenvalue weighted by atomic mass is 16.3. The van der Waals surface area contributed by atoms with Crippen molar-refractivity contribution in [3.63, 3.8) is 0 Å². The molecule has 0 spiro atoms. The van der Waals surface area contributed by atoms with Crippen LogP contribution in [0.15, 0.2) is 6.07 Å². The summed E-state index contributed by atoms with van der Waals surface area (Å²) in [6.07, 6.45) is 0.535. The second-order valence-electron chi connectivity index (χ2n) is 5.36. The van der Waals surface area contributed by atoms with E-state index in [1.165, 1.54) is 0 Å². The van der Waals surface area contributed by atoms with Crippen molar-refractivity contribution in [3.8, 4) is 0 Å². The zero-order valence-electron chi connectivity index (χ0n) is 12.9. The van der Waals surface area contributed by atoms with Crippen LogP contribution in [0.5, 0.6) is 0 Å². The van der Waals surface area contributed by atoms with Crippen LogP contribution >= 0.6 is 0 Å². The van der Waals surface area contributed by atoms with Crippen LogP contribution in [0.25, 0.3) is 5.78 Å². The molecule has 21 heavy (non-hydrogen) atoms. The van der Waals surface area contributed by atoms with Crippen molar-refractivity contribution in [2.75, 3.05) is 13.2 Å². The van der Waals surface area contributed by atoms with Gasteiger partial charge in [0.2, 0.25) is 5.82 Å². The molecule has 7 heteroatoms. The summed E-state index contributed by atoms with van der Waals surface area (Å²) < 4.78 is 1.57. The molecule has 0 saturated heterocycles. The van der Waals surface area contributed by atoms with Crippen molar-refractivity contribution in [3.05, 3.63) is 23.3 Å². The summed E-state index contributed by atoms with van der Waals surface area (Å²) in [6.45, 7) is 8.17. The highest BCUT2D eigenvalue weighted by molar-refractivity contribution is 5.91. The number of rotatable bonds is 5. The molecule has 0 bridgehead atoms. The van der Waals surface area contributed by atoms with Crippen molar-refractivity contribution in [1.82, 2.24) is 24.5 Å². The monoisotopic (exact) mass is 291 g/mol. The number of carbonyl (C=O) groups is 1. The summed E-state index contributed by atoms with van der Waals surface area (Å²) in [7, 11) is 0. The van der Waals surface area contributed by atoms with E-state index < -0.39 is 0 Å². The van der Waals surface area contributed by atoms with Crippen molar-refractivity contribution in [2.24, 2.45) is 0 Å². The van der Waals surface area contributed by atoms with Gasteiger partial charge in [-0.15, -0.1) is 5.10 Å². The standard InChI is InChI=1S/C14H21N5O2/c1-9(2)18(6-5-7-20)13(21)12-16-14-15-10(3)8-11(4)19(14)17-12/h8-9,20H,5-7H2,1-4H3. The molecule has 0 aromatic carbocycles. The Hall–Kier alpha value is -2.02. The Balaban J connectivity index is 2.35. The molecule has 0 aliphatic rings. The number of aliphatic hydroxyl groups excluding tert-OH is 1. The van der Waals surface area contributed by atoms with Crippen molar-refractivity contribution < 1.29 is 9.90 Å². The molecule has 7 nitrogen and oxygen atoms in total. The molecule has 0 unspecified atom stereocenters. The number of hydrogen-bond donors (Lipinski definition) is 1. The number of aryl methyl sites for hydroxylation is 2. The molecule has 0 atom stereocenters. The Morgan fingerprint density at radius 1 is 1.38 bits per heavy atom. The molecule has 0 aliphatic heterocycles. The maximum Gasteiger partial charge on any atom is 0.293 e. The number of aromatic nitrogens is 4. The zero-order valence-corrected chi connectivity index (χ0v) is 12.9. The lowest BCUT2D eigenvalue weighted by Crippen LogP contribution is -2.38. The fourth-order valence-corrected chi connectivity index (χ4v) is 2.22. The van der Waals surface area contributed by atoms with Crippen LogP contribution in [0.2, 0.25) is 0 Å². The van der Waals surface area contributed by atoms with Crippen molar-refractivity contribution in [1.29, 1.82) is 0 Å². The smallest absolute Gasteiger partial charge is 0.293 e. The van der Waals surface area contributed by atoms with Gasteiger partial charge in [0.05, 0.1) is 0 Å². The van der Waals surface area contributed by atoms with E-state index in [2.05, 4.69) is 15.1 Å². The molecule has 0 saturated carbocycles. The Labute approximate surface area is 123 Å². The Morgan fingerprint density at radius 2 is 2.10 bits per heavy atom. The van der Waals surface area contributed by atoms with Gasteiger partial charge in [-0.25, -0.2) is 9.50 Å². The Bertz CT molecular complexity index is 650. The van der Waals surface area contributed by atoms with Crippen LogP contribution in [0.3, 0.4) is 0 Å². The lowest BCUT2D eigenvalue weighted by molar-refractivity contribution is 0.0681. The second kappa shape index (κ2) is 6.17. The van der Waals surface area contributed by atoms with Gasteiger partial charge in [0, 0.05) is 30.6 Å². The SMILES string of the molecule is Cc1cc(C)n2nc(C(=O)N(CCCO)C(C)C)nc2n1. The molecule has 2 rings (SSSR count). The maximum atomic E-state index is 12.5. The van der Waals surface area contributed by atoms with Gasteiger partial charge in [-0.05, 0) is 40.2 Å². The molecule has 1 N–H and O–H groups in total. The van der Waals surface area contributed by atoms with Crippen molar-refractivity contribution >= 4 is 11.7 Å². The largest absolute Gasteiger partial charge is 0.396 e. The minimum atomic E-state index is -0.235. The minimum absolute atomic E-state index is 0.0199. The van der Waals surface area contributed by atoms with E-state index in [1.807, 2.05) is 33.8 Å². The first-order chi connectivity index (χ1) is 9.93. The van der Waals surface area contributed by atoms with Gasteiger partial charge in [0.1, 0.15) is 0 Å². The molecule has 2 heterocycles. The molecule has 114 valence electrons. The topological polar surface area (TPSA) is 83.6 Å². The highest BCUT2D eigenvalue weighted by Crippen LogP contribution is 2.09. The predicted octanol–water partition coefficient (Wildman–Crippen LogP) is 0.974. The van der Waals surface area contributed by atoms with Gasteiger partial charge in [-0.2, -0.15) is 4.98 Å². The first-order valence-corrected chi connectivity index (χ1v) is 7.07. The number of carbonyl (C=O) groups excluding carboxylic acids is 1. The normalized spacial score (nSPS) is 11.3. The van der Waals surface area contributed by atoms with E-state index in [4.69, 9.17) is 5.11 Å². The lowest BCUT2D eigenvalue weighted by Gasteiger charge is -2.25. The molecule has 0 fully saturated rings. The van der Waals surface area contributed by atoms with E-state index in [9.17, 15) is 4.79 Å². The number of nitrogens with zero attached hydrogens (tertiary/aromatic N) is 5. The van der Waals surface area contributed by atoms with Crippen LogP contribution in [0, 0.1) is 13.8 Å². The molecule has 0 aliphatic carbocycles. The first-order valence-electron chi connectivity index (χ1n) is 7.07. The third-order valence-corrected chi connectivity index (χ3v) is 3.25. The van der Waals surface area contributed by atoms with Crippen LogP contribution in [0.4, 0.5) is 0 Å². The second-order valence-corrected chi connectivity index (χ2v) is 5.36. The van der Waals surface area contributed by atoms with E-state index in [-0.39, 0.29) is 24.4 Å². The summed E-state index contributed by atoms with van der Waals surface area (Å²) >= 11 is 0. The molecular weight excluding hydrogens is 270 g/mol. The van der Waals surface area contributed by atoms with E-state index in [1.54, 1.807) is 9.42 Å². The Morgan fingerprint density at radius 3 is 2.71 bits per heavy atom. The van der Waals surface area contributed by atoms with E-state index in [0.717, 1.165) is 11.4 Å². The number of amides is 1. The van der Waals surface area contributed by atoms with Crippen LogP contribution in [-0.4, -0.2) is 54.7 Å². The van der Waals surface area contributed by atoms with Gasteiger partial charge < -0.3 is 10.0 Å². The van der Waals surface area contributed by atoms with Gasteiger partial charge >= 0.3 is 0 Å². The van der Waals surface area contributed by atoms with Gasteiger partial charge in [-0.1, -0.05) is 0 Å². The zero-order chi connectivity index (χ0) is 15.6. The van der Waals surface area contributed by atoms with Crippen molar-refractivity contribution in [2.45, 2.75) is 40.2 Å². The predicted molar refractivity (Wildman–Crippen MR) is 78.1 cm³/mol. The minimum Gasteiger partial charge on any atom is -0.396 e. The maximum absolute atomic E-state index is 12.5. The summed E-state index contributed by atoms with van der Waals surface area (Å²) in [5.41, 5.74) is 1.72. The summed E-state index contributed by atoms with van der Waals surface area (Å²) in [5, 5.41) is 13.2. The summed E-state index contributed by atoms with van der Waals surface area (Å²) in [6, 6.07) is 1.91. The Kier molecular flexibility index (Phi) is 4.52. The first kappa shape index (κ1) is 15.4. The average molecular weight is 291 g/mol. The average Bonchev–Trinajstić information content (AvgIpc) is 2.82. The summed E-state index contributed by atoms with van der Waals surface area (Å²) in [5.74, 6) is 0.338. The van der Waals surface area contributed by atoms with Crippen LogP contribution in [-0.2, 0) is 0 Å². The molecule has 2 aromatic heterocycles. The highest BCUT2D eigenvalue weighted by Gasteiger charge is 2.23. The number of aliphatic hydroxyl groups is 1. The van der Waals surface area contributed by atoms with Crippen LogP contribution < -0.4 is 0 Å². The fraction of sp³-hybridized carbons (Fsp3) is 0.571. The quantitative estimate of drug-likeness (QED) is 0.887. The third kappa shape index (κ3) is 3.18. The van der Waals surface area contributed by atoms with Gasteiger partial charge in [0.15, 0.2) is 0 Å².